The van der Waals surface area contributed by atoms with Crippen LogP contribution in [0.2, 0.25) is 0 Å². The van der Waals surface area contributed by atoms with Crippen LogP contribution in [0.3, 0.4) is 0 Å². The van der Waals surface area contributed by atoms with Crippen LogP contribution in [-0.2, 0) is 9.59 Å². The fourth-order valence-corrected chi connectivity index (χ4v) is 1.74. The van der Waals surface area contributed by atoms with Crippen LogP contribution >= 0.6 is 0 Å². The number of carboxylic acid groups (broad SMARTS) is 1. The Bertz CT molecular complexity index is 272. The number of rotatable bonds is 2. The van der Waals surface area contributed by atoms with Crippen molar-refractivity contribution in [1.82, 2.24) is 4.90 Å². The van der Waals surface area contributed by atoms with Crippen molar-refractivity contribution in [3.63, 3.8) is 0 Å². The van der Waals surface area contributed by atoms with Crippen LogP contribution in [0.4, 0.5) is 4.39 Å². The van der Waals surface area contributed by atoms with E-state index >= 15 is 0 Å². The lowest BCUT2D eigenvalue weighted by Gasteiger charge is -2.33. The molecular formula is C10H16FNO3. The van der Waals surface area contributed by atoms with Gasteiger partial charge in [0.05, 0.1) is 5.92 Å². The number of carbonyl (C=O) groups excluding carboxylic acids is 1. The van der Waals surface area contributed by atoms with Crippen LogP contribution < -0.4 is 0 Å². The standard InChI is InChI=1S/C10H16FNO3/c1-10(2,11)9(15)12-5-3-4-7(6-12)8(13)14/h7H,3-6H2,1-2H3,(H,13,14). The van der Waals surface area contributed by atoms with Crippen LogP contribution in [0.15, 0.2) is 0 Å². The maximum Gasteiger partial charge on any atom is 0.308 e. The summed E-state index contributed by atoms with van der Waals surface area (Å²) in [5.41, 5.74) is -1.92. The van der Waals surface area contributed by atoms with E-state index in [1.54, 1.807) is 0 Å². The van der Waals surface area contributed by atoms with E-state index in [0.29, 0.717) is 19.4 Å². The fourth-order valence-electron chi connectivity index (χ4n) is 1.74. The predicted octanol–water partition coefficient (Wildman–Crippen LogP) is 1.06. The Morgan fingerprint density at radius 2 is 2.07 bits per heavy atom. The van der Waals surface area contributed by atoms with E-state index in [2.05, 4.69) is 0 Å². The molecule has 1 aliphatic heterocycles. The predicted molar refractivity (Wildman–Crippen MR) is 52.1 cm³/mol. The number of amides is 1. The molecular weight excluding hydrogens is 201 g/mol. The highest BCUT2D eigenvalue weighted by Gasteiger charge is 2.35. The molecule has 1 rings (SSSR count). The lowest BCUT2D eigenvalue weighted by molar-refractivity contribution is -0.149. The minimum atomic E-state index is -1.92. The molecule has 0 radical (unpaired) electrons. The van der Waals surface area contributed by atoms with Crippen LogP contribution in [0.25, 0.3) is 0 Å². The van der Waals surface area contributed by atoms with Gasteiger partial charge in [0.2, 0.25) is 0 Å². The molecule has 1 N–H and O–H groups in total. The highest BCUT2D eigenvalue weighted by molar-refractivity contribution is 5.85. The monoisotopic (exact) mass is 217 g/mol. The first-order valence-electron chi connectivity index (χ1n) is 5.03. The van der Waals surface area contributed by atoms with Crippen LogP contribution in [-0.4, -0.2) is 40.6 Å². The van der Waals surface area contributed by atoms with Crippen molar-refractivity contribution in [1.29, 1.82) is 0 Å². The molecule has 0 bridgehead atoms. The summed E-state index contributed by atoms with van der Waals surface area (Å²) in [4.78, 5) is 23.6. The largest absolute Gasteiger partial charge is 0.481 e. The van der Waals surface area contributed by atoms with E-state index in [4.69, 9.17) is 5.11 Å². The molecule has 15 heavy (non-hydrogen) atoms. The topological polar surface area (TPSA) is 57.6 Å². The number of alkyl halides is 1. The number of nitrogens with zero attached hydrogens (tertiary/aromatic N) is 1. The minimum Gasteiger partial charge on any atom is -0.481 e. The summed E-state index contributed by atoms with van der Waals surface area (Å²) in [6.45, 7) is 2.97. The molecule has 0 spiro atoms. The lowest BCUT2D eigenvalue weighted by atomic mass is 9.97. The van der Waals surface area contributed by atoms with Gasteiger partial charge in [-0.25, -0.2) is 4.39 Å². The van der Waals surface area contributed by atoms with E-state index in [9.17, 15) is 14.0 Å². The van der Waals surface area contributed by atoms with Gasteiger partial charge in [-0.05, 0) is 26.7 Å². The molecule has 1 heterocycles. The Morgan fingerprint density at radius 1 is 1.47 bits per heavy atom. The molecule has 1 amide bonds. The van der Waals surface area contributed by atoms with Crippen molar-refractivity contribution < 1.29 is 19.1 Å². The zero-order valence-corrected chi connectivity index (χ0v) is 8.99. The first-order chi connectivity index (χ1) is 6.82. The van der Waals surface area contributed by atoms with Crippen molar-refractivity contribution in [2.45, 2.75) is 32.4 Å². The van der Waals surface area contributed by atoms with Crippen molar-refractivity contribution in [3.05, 3.63) is 0 Å². The molecule has 1 unspecified atom stereocenters. The number of halogens is 1. The molecule has 1 atom stereocenters. The van der Waals surface area contributed by atoms with E-state index in [-0.39, 0.29) is 6.54 Å². The van der Waals surface area contributed by atoms with Crippen LogP contribution in [0, 0.1) is 5.92 Å². The molecule has 0 saturated carbocycles. The second-order valence-electron chi connectivity index (χ2n) is 4.40. The van der Waals surface area contributed by atoms with Gasteiger partial charge in [-0.15, -0.1) is 0 Å². The first kappa shape index (κ1) is 11.9. The zero-order chi connectivity index (χ0) is 11.6. The Balaban J connectivity index is 2.64. The summed E-state index contributed by atoms with van der Waals surface area (Å²) in [6, 6.07) is 0. The van der Waals surface area contributed by atoms with Gasteiger partial charge in [-0.3, -0.25) is 9.59 Å². The second-order valence-corrected chi connectivity index (χ2v) is 4.40. The van der Waals surface area contributed by atoms with Gasteiger partial charge in [0.15, 0.2) is 5.67 Å². The second kappa shape index (κ2) is 4.16. The Hall–Kier alpha value is -1.13. The van der Waals surface area contributed by atoms with E-state index in [1.807, 2.05) is 0 Å². The third-order valence-corrected chi connectivity index (χ3v) is 2.57. The fraction of sp³-hybridized carbons (Fsp3) is 0.800. The zero-order valence-electron chi connectivity index (χ0n) is 8.99. The third kappa shape index (κ3) is 2.91. The maximum absolute atomic E-state index is 13.4. The average Bonchev–Trinajstić information content (AvgIpc) is 2.15. The molecule has 5 heteroatoms. The van der Waals surface area contributed by atoms with Gasteiger partial charge in [0.1, 0.15) is 0 Å². The number of aliphatic carboxylic acids is 1. The number of likely N-dealkylation sites (tertiary alicyclic amines) is 1. The van der Waals surface area contributed by atoms with Gasteiger partial charge < -0.3 is 10.0 Å². The number of piperidine rings is 1. The summed E-state index contributed by atoms with van der Waals surface area (Å²) in [7, 11) is 0. The molecule has 1 saturated heterocycles. The average molecular weight is 217 g/mol. The summed E-state index contributed by atoms with van der Waals surface area (Å²) in [5.74, 6) is -2.08. The van der Waals surface area contributed by atoms with E-state index in [0.717, 1.165) is 0 Å². The van der Waals surface area contributed by atoms with Crippen LogP contribution in [0.1, 0.15) is 26.7 Å². The van der Waals surface area contributed by atoms with Crippen molar-refractivity contribution in [3.8, 4) is 0 Å². The Labute approximate surface area is 88.1 Å². The summed E-state index contributed by atoms with van der Waals surface area (Å²) in [5, 5.41) is 8.81. The van der Waals surface area contributed by atoms with E-state index < -0.39 is 23.5 Å². The molecule has 0 aromatic rings. The van der Waals surface area contributed by atoms with E-state index in [1.165, 1.54) is 18.7 Å². The molecule has 1 aliphatic rings. The molecule has 0 aromatic heterocycles. The summed E-state index contributed by atoms with van der Waals surface area (Å²) >= 11 is 0. The Morgan fingerprint density at radius 3 is 2.53 bits per heavy atom. The van der Waals surface area contributed by atoms with Gasteiger partial charge in [-0.1, -0.05) is 0 Å². The minimum absolute atomic E-state index is 0.127. The molecule has 4 nitrogen and oxygen atoms in total. The van der Waals surface area contributed by atoms with Gasteiger partial charge in [0.25, 0.3) is 5.91 Å². The number of carbonyl (C=O) groups is 2. The van der Waals surface area contributed by atoms with Crippen LogP contribution in [0.5, 0.6) is 0 Å². The van der Waals surface area contributed by atoms with Crippen molar-refractivity contribution >= 4 is 11.9 Å². The number of hydrogen-bond acceptors (Lipinski definition) is 2. The summed E-state index contributed by atoms with van der Waals surface area (Å²) < 4.78 is 13.4. The first-order valence-corrected chi connectivity index (χ1v) is 5.03. The third-order valence-electron chi connectivity index (χ3n) is 2.57. The molecule has 0 aliphatic carbocycles. The SMILES string of the molecule is CC(C)(F)C(=O)N1CCCC(C(=O)O)C1. The quantitative estimate of drug-likeness (QED) is 0.752. The van der Waals surface area contributed by atoms with Crippen molar-refractivity contribution in [2.24, 2.45) is 5.92 Å². The normalized spacial score (nSPS) is 22.6. The molecule has 0 aromatic carbocycles. The maximum atomic E-state index is 13.4. The van der Waals surface area contributed by atoms with Gasteiger partial charge in [0, 0.05) is 13.1 Å². The smallest absolute Gasteiger partial charge is 0.308 e. The highest BCUT2D eigenvalue weighted by Crippen LogP contribution is 2.21. The molecule has 1 fully saturated rings. The lowest BCUT2D eigenvalue weighted by Crippen LogP contribution is -2.48. The number of hydrogen-bond donors (Lipinski definition) is 1. The number of carboxylic acids is 1. The van der Waals surface area contributed by atoms with Gasteiger partial charge in [-0.2, -0.15) is 0 Å². The highest BCUT2D eigenvalue weighted by atomic mass is 19.1. The Kier molecular flexibility index (Phi) is 3.31. The summed E-state index contributed by atoms with van der Waals surface area (Å²) in [6.07, 6.45) is 1.19. The van der Waals surface area contributed by atoms with Gasteiger partial charge >= 0.3 is 5.97 Å². The molecule has 86 valence electrons. The van der Waals surface area contributed by atoms with Crippen molar-refractivity contribution in [2.75, 3.05) is 13.1 Å².